The van der Waals surface area contributed by atoms with E-state index in [1.165, 1.54) is 87.8 Å². The van der Waals surface area contributed by atoms with Gasteiger partial charge in [0.25, 0.3) is 0 Å². The molecule has 3 heterocycles. The summed E-state index contributed by atoms with van der Waals surface area (Å²) in [6.45, 7) is 0. The molecule has 10 rings (SSSR count). The summed E-state index contributed by atoms with van der Waals surface area (Å²) >= 11 is 0. The van der Waals surface area contributed by atoms with E-state index >= 15 is 0 Å². The number of rotatable bonds is 3. The maximum atomic E-state index is 2.52. The van der Waals surface area contributed by atoms with Gasteiger partial charge in [0.15, 0.2) is 0 Å². The minimum atomic E-state index is 1.17. The molecule has 44 heavy (non-hydrogen) atoms. The van der Waals surface area contributed by atoms with Crippen LogP contribution in [0.5, 0.6) is 0 Å². The summed E-state index contributed by atoms with van der Waals surface area (Å²) in [6, 6.07) is 57.6. The van der Waals surface area contributed by atoms with Crippen molar-refractivity contribution < 1.29 is 0 Å². The van der Waals surface area contributed by atoms with E-state index in [1.807, 2.05) is 0 Å². The Kier molecular flexibility index (Phi) is 4.75. The summed E-state index contributed by atoms with van der Waals surface area (Å²) in [5, 5.41) is 7.71. The monoisotopic (exact) mass is 558 g/mol. The first-order valence-electron chi connectivity index (χ1n) is 15.2. The lowest BCUT2D eigenvalue weighted by molar-refractivity contribution is 1.18. The van der Waals surface area contributed by atoms with Gasteiger partial charge in [-0.15, -0.1) is 0 Å². The SMILES string of the molecule is c1ccc(-c2ccccc2-c2cc3c4ccccc4n4c5ccccc5c5cccc6c5c(c2n6-c2ccccc2)c34)cc1. The number of hydrogen-bond acceptors (Lipinski definition) is 0. The fourth-order valence-electron chi connectivity index (χ4n) is 7.70. The highest BCUT2D eigenvalue weighted by Crippen LogP contribution is 2.49. The van der Waals surface area contributed by atoms with Crippen LogP contribution in [0.25, 0.3) is 87.8 Å². The fourth-order valence-corrected chi connectivity index (χ4v) is 7.70. The molecule has 0 amide bonds. The average Bonchev–Trinajstić information content (AvgIpc) is 3.57. The minimum absolute atomic E-state index is 1.17. The van der Waals surface area contributed by atoms with E-state index in [2.05, 4.69) is 167 Å². The lowest BCUT2D eigenvalue weighted by Crippen LogP contribution is -1.97. The van der Waals surface area contributed by atoms with Gasteiger partial charge in [-0.05, 0) is 58.5 Å². The van der Waals surface area contributed by atoms with Crippen LogP contribution in [0.15, 0.2) is 158 Å². The topological polar surface area (TPSA) is 9.34 Å². The maximum absolute atomic E-state index is 2.52. The third-order valence-corrected chi connectivity index (χ3v) is 9.44. The second-order valence-corrected chi connectivity index (χ2v) is 11.7. The summed E-state index contributed by atoms with van der Waals surface area (Å²) in [5.41, 5.74) is 12.3. The van der Waals surface area contributed by atoms with Crippen molar-refractivity contribution in [2.45, 2.75) is 0 Å². The molecule has 0 aliphatic rings. The Labute approximate surface area is 254 Å². The highest BCUT2D eigenvalue weighted by Gasteiger charge is 2.26. The molecule has 204 valence electrons. The van der Waals surface area contributed by atoms with Gasteiger partial charge in [0.2, 0.25) is 0 Å². The number of aromatic nitrogens is 2. The Morgan fingerprint density at radius 1 is 0.341 bits per heavy atom. The van der Waals surface area contributed by atoms with Crippen LogP contribution in [-0.2, 0) is 0 Å². The molecule has 0 bridgehead atoms. The van der Waals surface area contributed by atoms with E-state index in [1.54, 1.807) is 0 Å². The second-order valence-electron chi connectivity index (χ2n) is 11.7. The Bertz CT molecular complexity index is 2690. The number of fused-ring (bicyclic) bond motifs is 6. The van der Waals surface area contributed by atoms with E-state index < -0.39 is 0 Å². The predicted octanol–water partition coefficient (Wildman–Crippen LogP) is 11.3. The number of benzene rings is 7. The first-order chi connectivity index (χ1) is 21.9. The average molecular weight is 559 g/mol. The molecule has 7 aromatic carbocycles. The standard InChI is InChI=1S/C42H26N2/c1-3-14-27(15-4-1)29-18-7-8-19-30(29)34-26-35-32-21-10-12-24-37(32)44-36-23-11-9-20-31(36)33-22-13-25-38-39(33)40(42(35)44)41(34)43(38)28-16-5-2-6-17-28/h1-26H. The Morgan fingerprint density at radius 3 is 1.66 bits per heavy atom. The van der Waals surface area contributed by atoms with Crippen molar-refractivity contribution >= 4 is 59.9 Å². The van der Waals surface area contributed by atoms with Crippen LogP contribution in [0.1, 0.15) is 0 Å². The van der Waals surface area contributed by atoms with Crippen molar-refractivity contribution in [2.75, 3.05) is 0 Å². The molecule has 2 heteroatoms. The molecule has 0 fully saturated rings. The molecule has 0 spiro atoms. The van der Waals surface area contributed by atoms with Gasteiger partial charge in [-0.2, -0.15) is 0 Å². The van der Waals surface area contributed by atoms with Gasteiger partial charge in [-0.3, -0.25) is 0 Å². The Morgan fingerprint density at radius 2 is 0.909 bits per heavy atom. The van der Waals surface area contributed by atoms with E-state index in [4.69, 9.17) is 0 Å². The largest absolute Gasteiger partial charge is 0.309 e. The number of nitrogens with zero attached hydrogens (tertiary/aromatic N) is 2. The molecular formula is C42H26N2. The maximum Gasteiger partial charge on any atom is 0.0642 e. The Hall–Kier alpha value is -5.86. The van der Waals surface area contributed by atoms with Crippen molar-refractivity contribution in [2.24, 2.45) is 0 Å². The van der Waals surface area contributed by atoms with Crippen molar-refractivity contribution in [1.82, 2.24) is 8.97 Å². The summed E-state index contributed by atoms with van der Waals surface area (Å²) < 4.78 is 5.02. The molecule has 10 aromatic rings. The molecule has 2 nitrogen and oxygen atoms in total. The molecule has 3 aromatic heterocycles. The van der Waals surface area contributed by atoms with Gasteiger partial charge in [-0.1, -0.05) is 121 Å². The number of hydrogen-bond donors (Lipinski definition) is 0. The van der Waals surface area contributed by atoms with E-state index in [0.29, 0.717) is 0 Å². The van der Waals surface area contributed by atoms with E-state index in [9.17, 15) is 0 Å². The minimum Gasteiger partial charge on any atom is -0.309 e. The van der Waals surface area contributed by atoms with Gasteiger partial charge in [0.05, 0.1) is 27.6 Å². The molecular weight excluding hydrogens is 532 g/mol. The van der Waals surface area contributed by atoms with Gasteiger partial charge in [0.1, 0.15) is 0 Å². The van der Waals surface area contributed by atoms with Crippen LogP contribution in [0, 0.1) is 0 Å². The van der Waals surface area contributed by atoms with Crippen molar-refractivity contribution in [3.05, 3.63) is 158 Å². The third kappa shape index (κ3) is 3.04. The van der Waals surface area contributed by atoms with Crippen LogP contribution < -0.4 is 0 Å². The second kappa shape index (κ2) is 8.82. The first-order valence-corrected chi connectivity index (χ1v) is 15.2. The van der Waals surface area contributed by atoms with Gasteiger partial charge < -0.3 is 8.97 Å². The molecule has 0 atom stereocenters. The van der Waals surface area contributed by atoms with Crippen molar-refractivity contribution in [3.8, 4) is 27.9 Å². The summed E-state index contributed by atoms with van der Waals surface area (Å²) in [4.78, 5) is 0. The highest BCUT2D eigenvalue weighted by atomic mass is 15.0. The van der Waals surface area contributed by atoms with Crippen LogP contribution in [0.4, 0.5) is 0 Å². The lowest BCUT2D eigenvalue weighted by atomic mass is 9.91. The van der Waals surface area contributed by atoms with Crippen molar-refractivity contribution in [1.29, 1.82) is 0 Å². The summed E-state index contributed by atoms with van der Waals surface area (Å²) in [6.07, 6.45) is 0. The zero-order chi connectivity index (χ0) is 28.8. The molecule has 0 N–H and O–H groups in total. The predicted molar refractivity (Wildman–Crippen MR) is 186 cm³/mol. The van der Waals surface area contributed by atoms with Crippen LogP contribution in [-0.4, -0.2) is 8.97 Å². The van der Waals surface area contributed by atoms with Crippen LogP contribution in [0.3, 0.4) is 0 Å². The quantitative estimate of drug-likeness (QED) is 0.204. The zero-order valence-electron chi connectivity index (χ0n) is 23.9. The Balaban J connectivity index is 1.56. The summed E-state index contributed by atoms with van der Waals surface area (Å²) in [7, 11) is 0. The van der Waals surface area contributed by atoms with Crippen molar-refractivity contribution in [3.63, 3.8) is 0 Å². The molecule has 0 saturated carbocycles. The van der Waals surface area contributed by atoms with Gasteiger partial charge >= 0.3 is 0 Å². The smallest absolute Gasteiger partial charge is 0.0642 e. The van der Waals surface area contributed by atoms with Crippen LogP contribution >= 0.6 is 0 Å². The first kappa shape index (κ1) is 23.7. The molecule has 0 aliphatic carbocycles. The fraction of sp³-hybridized carbons (Fsp3) is 0. The molecule has 0 unspecified atom stereocenters. The summed E-state index contributed by atoms with van der Waals surface area (Å²) in [5.74, 6) is 0. The normalized spacial score (nSPS) is 12.1. The number of para-hydroxylation sites is 3. The van der Waals surface area contributed by atoms with E-state index in [0.717, 1.165) is 0 Å². The zero-order valence-corrected chi connectivity index (χ0v) is 23.9. The third-order valence-electron chi connectivity index (χ3n) is 9.44. The lowest BCUT2D eigenvalue weighted by Gasteiger charge is -2.16. The van der Waals surface area contributed by atoms with Gasteiger partial charge in [-0.25, -0.2) is 0 Å². The molecule has 0 aliphatic heterocycles. The molecule has 0 saturated heterocycles. The highest BCUT2D eigenvalue weighted by molar-refractivity contribution is 6.35. The molecule has 0 radical (unpaired) electrons. The van der Waals surface area contributed by atoms with E-state index in [-0.39, 0.29) is 0 Å². The van der Waals surface area contributed by atoms with Gasteiger partial charge in [0, 0.05) is 38.2 Å². The van der Waals surface area contributed by atoms with Crippen LogP contribution in [0.2, 0.25) is 0 Å².